The van der Waals surface area contributed by atoms with Crippen LogP contribution >= 0.6 is 11.8 Å². The summed E-state index contributed by atoms with van der Waals surface area (Å²) in [5.41, 5.74) is 2.19. The van der Waals surface area contributed by atoms with Crippen molar-refractivity contribution in [2.75, 3.05) is 18.4 Å². The zero-order valence-corrected chi connectivity index (χ0v) is 17.2. The molecule has 3 aromatic rings. The fraction of sp³-hybridized carbons (Fsp3) is 0.286. The largest absolute Gasteiger partial charge is 0.454 e. The minimum absolute atomic E-state index is 0.0347. The van der Waals surface area contributed by atoms with Crippen molar-refractivity contribution in [1.29, 1.82) is 0 Å². The molecule has 1 aliphatic heterocycles. The summed E-state index contributed by atoms with van der Waals surface area (Å²) in [4.78, 5) is 12.1. The van der Waals surface area contributed by atoms with Gasteiger partial charge in [-0.2, -0.15) is 0 Å². The Morgan fingerprint density at radius 2 is 1.90 bits per heavy atom. The summed E-state index contributed by atoms with van der Waals surface area (Å²) in [6, 6.07) is 15.8. The number of hydrogen-bond donors (Lipinski definition) is 2. The first-order valence-corrected chi connectivity index (χ1v) is 10.7. The number of amides is 1. The summed E-state index contributed by atoms with van der Waals surface area (Å²) in [5.74, 6) is 8.82. The molecule has 2 aromatic carbocycles. The van der Waals surface area contributed by atoms with Gasteiger partial charge in [-0.3, -0.25) is 4.79 Å². The highest BCUT2D eigenvalue weighted by Crippen LogP contribution is 2.32. The number of aryl methyl sites for hydroxylation is 2. The molecule has 0 radical (unpaired) electrons. The summed E-state index contributed by atoms with van der Waals surface area (Å²) in [5, 5.41) is 11.8. The second kappa shape index (κ2) is 9.53. The van der Waals surface area contributed by atoms with Crippen molar-refractivity contribution in [3.8, 4) is 11.5 Å². The Labute approximate surface area is 178 Å². The molecule has 2 heterocycles. The highest BCUT2D eigenvalue weighted by Gasteiger charge is 2.14. The molecule has 0 spiro atoms. The Kier molecular flexibility index (Phi) is 6.38. The van der Waals surface area contributed by atoms with Crippen LogP contribution in [0, 0.1) is 0 Å². The van der Waals surface area contributed by atoms with Gasteiger partial charge in [-0.25, -0.2) is 4.68 Å². The third-order valence-corrected chi connectivity index (χ3v) is 5.65. The van der Waals surface area contributed by atoms with Gasteiger partial charge >= 0.3 is 0 Å². The third kappa shape index (κ3) is 5.04. The first-order valence-electron chi connectivity index (χ1n) is 9.70. The number of carbonyl (C=O) groups excluding carboxylic acids is 1. The molecular formula is C21H23N5O3S. The van der Waals surface area contributed by atoms with Crippen LogP contribution in [0.15, 0.2) is 53.7 Å². The van der Waals surface area contributed by atoms with E-state index in [4.69, 9.17) is 15.3 Å². The Hall–Kier alpha value is -3.20. The lowest BCUT2D eigenvalue weighted by Gasteiger charge is -2.06. The van der Waals surface area contributed by atoms with Crippen LogP contribution in [0.4, 0.5) is 0 Å². The van der Waals surface area contributed by atoms with Crippen molar-refractivity contribution in [3.05, 3.63) is 65.5 Å². The first kappa shape index (κ1) is 20.1. The van der Waals surface area contributed by atoms with Crippen LogP contribution in [-0.2, 0) is 24.2 Å². The number of nitrogen functional groups attached to an aromatic ring is 1. The normalized spacial score (nSPS) is 12.1. The number of aromatic nitrogens is 3. The van der Waals surface area contributed by atoms with E-state index in [-0.39, 0.29) is 12.7 Å². The van der Waals surface area contributed by atoms with E-state index < -0.39 is 0 Å². The van der Waals surface area contributed by atoms with Crippen LogP contribution in [0.1, 0.15) is 23.4 Å². The maximum absolute atomic E-state index is 12.1. The van der Waals surface area contributed by atoms with Crippen LogP contribution < -0.4 is 20.6 Å². The average Bonchev–Trinajstić information content (AvgIpc) is 3.38. The molecule has 0 unspecified atom stereocenters. The van der Waals surface area contributed by atoms with Gasteiger partial charge in [0.1, 0.15) is 0 Å². The highest BCUT2D eigenvalue weighted by atomic mass is 32.2. The summed E-state index contributed by atoms with van der Waals surface area (Å²) in [6.07, 6.45) is 1.93. The molecule has 156 valence electrons. The second-order valence-corrected chi connectivity index (χ2v) is 7.88. The summed E-state index contributed by atoms with van der Waals surface area (Å²) >= 11 is 1.42. The first-order chi connectivity index (χ1) is 14.7. The van der Waals surface area contributed by atoms with Crippen molar-refractivity contribution in [3.63, 3.8) is 0 Å². The molecule has 0 aliphatic carbocycles. The van der Waals surface area contributed by atoms with Crippen molar-refractivity contribution >= 4 is 17.7 Å². The molecule has 4 rings (SSSR count). The number of hydrogen-bond acceptors (Lipinski definition) is 7. The molecule has 0 saturated carbocycles. The predicted octanol–water partition coefficient (Wildman–Crippen LogP) is 2.30. The van der Waals surface area contributed by atoms with E-state index in [0.29, 0.717) is 36.0 Å². The molecule has 0 saturated heterocycles. The maximum Gasteiger partial charge on any atom is 0.231 e. The van der Waals surface area contributed by atoms with Crippen LogP contribution in [0.25, 0.3) is 0 Å². The fourth-order valence-electron chi connectivity index (χ4n) is 3.05. The average molecular weight is 426 g/mol. The standard InChI is InChI=1S/C21H23N5O3S/c22-26-19(9-7-15-4-2-1-3-5-15)24-25-21(26)30-11-10-20(27)23-13-16-6-8-17-18(12-16)29-14-28-17/h1-6,8,12H,7,9-11,13-14,22H2,(H,23,27). The zero-order valence-electron chi connectivity index (χ0n) is 16.4. The topological polar surface area (TPSA) is 104 Å². The number of ether oxygens (including phenoxy) is 2. The van der Waals surface area contributed by atoms with Gasteiger partial charge in [0, 0.05) is 25.1 Å². The Morgan fingerprint density at radius 1 is 1.07 bits per heavy atom. The van der Waals surface area contributed by atoms with Crippen molar-refractivity contribution in [2.45, 2.75) is 31.0 Å². The SMILES string of the molecule is Nn1c(CCc2ccccc2)nnc1SCCC(=O)NCc1ccc2c(c1)OCO2. The van der Waals surface area contributed by atoms with Gasteiger partial charge in [-0.05, 0) is 29.7 Å². The molecule has 0 atom stereocenters. The second-order valence-electron chi connectivity index (χ2n) is 6.82. The summed E-state index contributed by atoms with van der Waals surface area (Å²) in [7, 11) is 0. The molecule has 9 heteroatoms. The lowest BCUT2D eigenvalue weighted by molar-refractivity contribution is -0.120. The summed E-state index contributed by atoms with van der Waals surface area (Å²) in [6.45, 7) is 0.680. The van der Waals surface area contributed by atoms with Gasteiger partial charge < -0.3 is 20.6 Å². The predicted molar refractivity (Wildman–Crippen MR) is 114 cm³/mol. The van der Waals surface area contributed by atoms with Gasteiger partial charge in [0.2, 0.25) is 17.9 Å². The Balaban J connectivity index is 1.19. The van der Waals surface area contributed by atoms with Crippen molar-refractivity contribution < 1.29 is 14.3 Å². The molecule has 0 bridgehead atoms. The van der Waals surface area contributed by atoms with E-state index in [0.717, 1.165) is 23.6 Å². The van der Waals surface area contributed by atoms with Gasteiger partial charge in [0.15, 0.2) is 17.3 Å². The number of nitrogens with zero attached hydrogens (tertiary/aromatic N) is 3. The van der Waals surface area contributed by atoms with Crippen molar-refractivity contribution in [2.24, 2.45) is 0 Å². The minimum atomic E-state index is -0.0347. The third-order valence-electron chi connectivity index (χ3n) is 4.70. The smallest absolute Gasteiger partial charge is 0.231 e. The molecule has 3 N–H and O–H groups in total. The number of fused-ring (bicyclic) bond motifs is 1. The molecule has 1 aromatic heterocycles. The molecule has 1 amide bonds. The highest BCUT2D eigenvalue weighted by molar-refractivity contribution is 7.99. The number of nitrogens with one attached hydrogen (secondary N) is 1. The molecular weight excluding hydrogens is 402 g/mol. The molecule has 0 fully saturated rings. The Bertz CT molecular complexity index is 1010. The molecule has 1 aliphatic rings. The van der Waals surface area contributed by atoms with Gasteiger partial charge in [0.25, 0.3) is 0 Å². The quantitative estimate of drug-likeness (QED) is 0.400. The van der Waals surface area contributed by atoms with Crippen LogP contribution in [0.3, 0.4) is 0 Å². The number of thioether (sulfide) groups is 1. The van der Waals surface area contributed by atoms with Gasteiger partial charge in [-0.1, -0.05) is 48.2 Å². The van der Waals surface area contributed by atoms with Crippen molar-refractivity contribution in [1.82, 2.24) is 20.2 Å². The number of nitrogens with two attached hydrogens (primary N) is 1. The minimum Gasteiger partial charge on any atom is -0.454 e. The number of carbonyl (C=O) groups is 1. The maximum atomic E-state index is 12.1. The van der Waals surface area contributed by atoms with E-state index in [1.165, 1.54) is 22.0 Å². The van der Waals surface area contributed by atoms with E-state index in [2.05, 4.69) is 27.6 Å². The number of benzene rings is 2. The van der Waals surface area contributed by atoms with Gasteiger partial charge in [0.05, 0.1) is 0 Å². The van der Waals surface area contributed by atoms with Gasteiger partial charge in [-0.15, -0.1) is 10.2 Å². The van der Waals surface area contributed by atoms with E-state index in [9.17, 15) is 4.79 Å². The summed E-state index contributed by atoms with van der Waals surface area (Å²) < 4.78 is 12.1. The lowest BCUT2D eigenvalue weighted by Crippen LogP contribution is -2.23. The molecule has 8 nitrogen and oxygen atoms in total. The molecule has 30 heavy (non-hydrogen) atoms. The lowest BCUT2D eigenvalue weighted by atomic mass is 10.1. The fourth-order valence-corrected chi connectivity index (χ4v) is 3.86. The van der Waals surface area contributed by atoms with Crippen LogP contribution in [0.5, 0.6) is 11.5 Å². The van der Waals surface area contributed by atoms with E-state index >= 15 is 0 Å². The Morgan fingerprint density at radius 3 is 2.77 bits per heavy atom. The van der Waals surface area contributed by atoms with Crippen LogP contribution in [-0.4, -0.2) is 33.3 Å². The van der Waals surface area contributed by atoms with E-state index in [1.807, 2.05) is 36.4 Å². The zero-order chi connectivity index (χ0) is 20.8. The monoisotopic (exact) mass is 425 g/mol. The van der Waals surface area contributed by atoms with Crippen LogP contribution in [0.2, 0.25) is 0 Å². The van der Waals surface area contributed by atoms with E-state index in [1.54, 1.807) is 0 Å². The number of rotatable bonds is 9.